The molecule has 9 heteroatoms. The van der Waals surface area contributed by atoms with Gasteiger partial charge in [0.1, 0.15) is 5.60 Å². The lowest BCUT2D eigenvalue weighted by atomic mass is 10.2. The fourth-order valence-electron chi connectivity index (χ4n) is 2.29. The maximum Gasteiger partial charge on any atom is 0.410 e. The highest BCUT2D eigenvalue weighted by Crippen LogP contribution is 2.11. The largest absolute Gasteiger partial charge is 0.465 e. The minimum Gasteiger partial charge on any atom is -0.465 e. The molecule has 9 nitrogen and oxygen atoms in total. The van der Waals surface area contributed by atoms with Crippen LogP contribution in [-0.4, -0.2) is 82.8 Å². The van der Waals surface area contributed by atoms with Gasteiger partial charge in [0.05, 0.1) is 5.60 Å². The predicted octanol–water partition coefficient (Wildman–Crippen LogP) is 3.25. The fraction of sp³-hybridized carbons (Fsp3) is 0.895. The van der Waals surface area contributed by atoms with Crippen LogP contribution in [-0.2, 0) is 9.62 Å². The third kappa shape index (κ3) is 14.5. The zero-order valence-corrected chi connectivity index (χ0v) is 18.3. The number of nitrogens with one attached hydrogen (secondary N) is 1. The molecule has 0 atom stereocenters. The molecular weight excluding hydrogens is 366 g/mol. The summed E-state index contributed by atoms with van der Waals surface area (Å²) in [5, 5.41) is 20.3. The van der Waals surface area contributed by atoms with Crippen LogP contribution in [0.3, 0.4) is 0 Å². The Labute approximate surface area is 168 Å². The highest BCUT2D eigenvalue weighted by atomic mass is 17.1. The van der Waals surface area contributed by atoms with E-state index in [1.807, 2.05) is 20.8 Å². The molecule has 1 saturated heterocycles. The van der Waals surface area contributed by atoms with Crippen LogP contribution in [0.4, 0.5) is 9.59 Å². The molecule has 166 valence electrons. The standard InChI is InChI=1S/C15H29N3O4.C4H10O2/c1-15(2,3)22-14(21)18-10-5-8-16-7-4-9-17(13(19)20)11-6-12-18;1-4(2,3)6-5/h16H,4-12H2,1-3H3,(H,19,20);5H,1-3H3. The molecule has 0 aromatic heterocycles. The third-order valence-corrected chi connectivity index (χ3v) is 3.62. The lowest BCUT2D eigenvalue weighted by Gasteiger charge is -2.29. The van der Waals surface area contributed by atoms with Crippen LogP contribution in [0.1, 0.15) is 60.8 Å². The van der Waals surface area contributed by atoms with E-state index in [1.54, 1.807) is 25.7 Å². The van der Waals surface area contributed by atoms with Gasteiger partial charge in [-0.3, -0.25) is 5.26 Å². The Morgan fingerprint density at radius 1 is 0.821 bits per heavy atom. The van der Waals surface area contributed by atoms with E-state index in [2.05, 4.69) is 10.2 Å². The summed E-state index contributed by atoms with van der Waals surface area (Å²) in [5.74, 6) is 0. The predicted molar refractivity (Wildman–Crippen MR) is 108 cm³/mol. The van der Waals surface area contributed by atoms with Gasteiger partial charge in [-0.25, -0.2) is 14.5 Å². The summed E-state index contributed by atoms with van der Waals surface area (Å²) in [5.41, 5.74) is -0.924. The normalized spacial score (nSPS) is 17.5. The molecule has 1 aliphatic rings. The van der Waals surface area contributed by atoms with Crippen molar-refractivity contribution in [3.05, 3.63) is 0 Å². The summed E-state index contributed by atoms with van der Waals surface area (Å²) in [7, 11) is 0. The fourth-order valence-corrected chi connectivity index (χ4v) is 2.29. The summed E-state index contributed by atoms with van der Waals surface area (Å²) >= 11 is 0. The van der Waals surface area contributed by atoms with Gasteiger partial charge in [-0.15, -0.1) is 0 Å². The first-order valence-corrected chi connectivity index (χ1v) is 9.85. The van der Waals surface area contributed by atoms with E-state index < -0.39 is 17.3 Å². The van der Waals surface area contributed by atoms with Gasteiger partial charge in [-0.1, -0.05) is 0 Å². The van der Waals surface area contributed by atoms with Gasteiger partial charge in [-0.05, 0) is 73.9 Å². The first-order valence-electron chi connectivity index (χ1n) is 9.85. The monoisotopic (exact) mass is 405 g/mol. The Hall–Kier alpha value is -1.58. The van der Waals surface area contributed by atoms with E-state index in [0.29, 0.717) is 32.6 Å². The second kappa shape index (κ2) is 12.8. The topological polar surface area (TPSA) is 112 Å². The zero-order valence-electron chi connectivity index (χ0n) is 18.3. The van der Waals surface area contributed by atoms with Gasteiger partial charge in [0.25, 0.3) is 0 Å². The molecule has 1 fully saturated rings. The van der Waals surface area contributed by atoms with E-state index in [0.717, 1.165) is 25.9 Å². The van der Waals surface area contributed by atoms with E-state index in [-0.39, 0.29) is 6.09 Å². The second-order valence-electron chi connectivity index (χ2n) is 8.75. The number of nitrogens with zero attached hydrogens (tertiary/aromatic N) is 2. The van der Waals surface area contributed by atoms with Crippen molar-refractivity contribution < 1.29 is 29.6 Å². The maximum absolute atomic E-state index is 12.2. The molecule has 2 amide bonds. The van der Waals surface area contributed by atoms with Crippen molar-refractivity contribution in [1.29, 1.82) is 0 Å². The second-order valence-corrected chi connectivity index (χ2v) is 8.75. The SMILES string of the molecule is CC(C)(C)OC(=O)N1CCCNCCCN(C(=O)O)CCC1.CC(C)(C)OO. The Morgan fingerprint density at radius 3 is 1.68 bits per heavy atom. The highest BCUT2D eigenvalue weighted by Gasteiger charge is 2.22. The number of ether oxygens (including phenoxy) is 1. The van der Waals surface area contributed by atoms with Crippen molar-refractivity contribution >= 4 is 12.2 Å². The summed E-state index contributed by atoms with van der Waals surface area (Å²) in [6, 6.07) is 0. The van der Waals surface area contributed by atoms with Crippen molar-refractivity contribution in [3.8, 4) is 0 Å². The third-order valence-electron chi connectivity index (χ3n) is 3.62. The molecule has 1 rings (SSSR count). The van der Waals surface area contributed by atoms with E-state index in [4.69, 9.17) is 9.99 Å². The maximum atomic E-state index is 12.2. The summed E-state index contributed by atoms with van der Waals surface area (Å²) in [6.45, 7) is 14.5. The highest BCUT2D eigenvalue weighted by molar-refractivity contribution is 5.68. The van der Waals surface area contributed by atoms with Gasteiger partial charge < -0.3 is 25.0 Å². The van der Waals surface area contributed by atoms with Crippen molar-refractivity contribution in [2.45, 2.75) is 72.0 Å². The van der Waals surface area contributed by atoms with Gasteiger partial charge >= 0.3 is 12.2 Å². The summed E-state index contributed by atoms with van der Waals surface area (Å²) in [6.07, 6.45) is 1.07. The molecule has 28 heavy (non-hydrogen) atoms. The van der Waals surface area contributed by atoms with Crippen molar-refractivity contribution in [2.75, 3.05) is 39.3 Å². The number of hydrogen-bond acceptors (Lipinski definition) is 6. The molecule has 0 aromatic rings. The number of rotatable bonds is 0. The number of carbonyl (C=O) groups excluding carboxylic acids is 1. The first-order chi connectivity index (χ1) is 12.9. The molecule has 1 heterocycles. The van der Waals surface area contributed by atoms with Crippen LogP contribution in [0.25, 0.3) is 0 Å². The minimum absolute atomic E-state index is 0.327. The Morgan fingerprint density at radius 2 is 1.25 bits per heavy atom. The van der Waals surface area contributed by atoms with Crippen LogP contribution >= 0.6 is 0 Å². The quantitative estimate of drug-likeness (QED) is 0.419. The first kappa shape index (κ1) is 26.4. The molecule has 0 unspecified atom stereocenters. The van der Waals surface area contributed by atoms with Crippen LogP contribution in [0.15, 0.2) is 0 Å². The molecule has 0 aliphatic carbocycles. The number of amides is 2. The van der Waals surface area contributed by atoms with Gasteiger partial charge in [0.15, 0.2) is 0 Å². The number of hydrogen-bond donors (Lipinski definition) is 3. The molecule has 0 saturated carbocycles. The average molecular weight is 406 g/mol. The van der Waals surface area contributed by atoms with Crippen molar-refractivity contribution in [1.82, 2.24) is 15.1 Å². The Balaban J connectivity index is 0.00000105. The van der Waals surface area contributed by atoms with E-state index in [1.165, 1.54) is 4.90 Å². The molecule has 3 N–H and O–H groups in total. The van der Waals surface area contributed by atoms with Crippen LogP contribution < -0.4 is 5.32 Å². The van der Waals surface area contributed by atoms with Crippen LogP contribution in [0, 0.1) is 0 Å². The number of carbonyl (C=O) groups is 2. The minimum atomic E-state index is -0.902. The van der Waals surface area contributed by atoms with Crippen molar-refractivity contribution in [2.24, 2.45) is 0 Å². The number of carboxylic acid groups (broad SMARTS) is 1. The Bertz CT molecular complexity index is 460. The average Bonchev–Trinajstić information content (AvgIpc) is 2.53. The summed E-state index contributed by atoms with van der Waals surface area (Å²) in [4.78, 5) is 30.4. The molecule has 0 bridgehead atoms. The van der Waals surface area contributed by atoms with E-state index >= 15 is 0 Å². The lowest BCUT2D eigenvalue weighted by Crippen LogP contribution is -2.41. The smallest absolute Gasteiger partial charge is 0.410 e. The lowest BCUT2D eigenvalue weighted by molar-refractivity contribution is -0.306. The van der Waals surface area contributed by atoms with E-state index in [9.17, 15) is 14.7 Å². The molecule has 1 aliphatic heterocycles. The Kier molecular flexibility index (Phi) is 12.1. The summed E-state index contributed by atoms with van der Waals surface area (Å²) < 4.78 is 5.41. The molecular formula is C19H39N3O6. The van der Waals surface area contributed by atoms with Crippen molar-refractivity contribution in [3.63, 3.8) is 0 Å². The van der Waals surface area contributed by atoms with Gasteiger partial charge in [0.2, 0.25) is 0 Å². The van der Waals surface area contributed by atoms with Gasteiger partial charge in [0, 0.05) is 26.2 Å². The van der Waals surface area contributed by atoms with Gasteiger partial charge in [-0.2, -0.15) is 0 Å². The van der Waals surface area contributed by atoms with Crippen LogP contribution in [0.5, 0.6) is 0 Å². The zero-order chi connectivity index (χ0) is 21.8. The molecule has 0 radical (unpaired) electrons. The van der Waals surface area contributed by atoms with Crippen LogP contribution in [0.2, 0.25) is 0 Å². The molecule has 0 aromatic carbocycles. The molecule has 0 spiro atoms.